The third kappa shape index (κ3) is 5.12. The molecule has 0 fully saturated rings. The van der Waals surface area contributed by atoms with Crippen LogP contribution in [-0.4, -0.2) is 0 Å². The second-order valence-electron chi connectivity index (χ2n) is 13.3. The van der Waals surface area contributed by atoms with Crippen LogP contribution in [0.3, 0.4) is 0 Å². The lowest BCUT2D eigenvalue weighted by atomic mass is 9.96. The van der Waals surface area contributed by atoms with E-state index in [1.165, 1.54) is 43.8 Å². The monoisotopic (exact) mass is 663 g/mol. The van der Waals surface area contributed by atoms with Crippen LogP contribution in [0.25, 0.3) is 76.9 Å². The minimum atomic E-state index is 0.890. The Morgan fingerprint density at radius 2 is 0.827 bits per heavy atom. The predicted molar refractivity (Wildman–Crippen MR) is 220 cm³/mol. The van der Waals surface area contributed by atoms with Crippen LogP contribution in [0.1, 0.15) is 0 Å². The molecule has 0 spiro atoms. The highest BCUT2D eigenvalue weighted by atomic mass is 16.3. The number of hydrogen-bond acceptors (Lipinski definition) is 2. The number of furan rings is 1. The van der Waals surface area contributed by atoms with Gasteiger partial charge in [-0.1, -0.05) is 158 Å². The van der Waals surface area contributed by atoms with E-state index in [0.29, 0.717) is 0 Å². The van der Waals surface area contributed by atoms with Gasteiger partial charge in [0.2, 0.25) is 0 Å². The van der Waals surface area contributed by atoms with E-state index >= 15 is 0 Å². The minimum absolute atomic E-state index is 0.890. The Kier molecular flexibility index (Phi) is 7.18. The summed E-state index contributed by atoms with van der Waals surface area (Å²) in [6.45, 7) is 0. The lowest BCUT2D eigenvalue weighted by Gasteiger charge is -2.29. The van der Waals surface area contributed by atoms with Crippen LogP contribution in [0.5, 0.6) is 0 Å². The molecule has 10 aromatic rings. The van der Waals surface area contributed by atoms with Gasteiger partial charge in [0.25, 0.3) is 0 Å². The van der Waals surface area contributed by atoms with Crippen molar-refractivity contribution in [3.05, 3.63) is 200 Å². The highest BCUT2D eigenvalue weighted by Crippen LogP contribution is 2.44. The van der Waals surface area contributed by atoms with Crippen LogP contribution in [-0.2, 0) is 0 Å². The number of anilines is 3. The molecule has 1 aromatic heterocycles. The number of rotatable bonds is 6. The predicted octanol–water partition coefficient (Wildman–Crippen LogP) is 14.4. The van der Waals surface area contributed by atoms with Crippen LogP contribution in [0.4, 0.5) is 17.1 Å². The Morgan fingerprint density at radius 1 is 0.308 bits per heavy atom. The molecule has 0 aliphatic rings. The molecule has 2 nitrogen and oxygen atoms in total. The molecule has 10 rings (SSSR count). The van der Waals surface area contributed by atoms with Crippen molar-refractivity contribution in [1.82, 2.24) is 0 Å². The smallest absolute Gasteiger partial charge is 0.136 e. The van der Waals surface area contributed by atoms with E-state index in [4.69, 9.17) is 4.42 Å². The van der Waals surface area contributed by atoms with Gasteiger partial charge in [-0.3, -0.25) is 0 Å². The summed E-state index contributed by atoms with van der Waals surface area (Å²) in [7, 11) is 0. The molecule has 0 radical (unpaired) electrons. The molecule has 0 unspecified atom stereocenters. The zero-order valence-electron chi connectivity index (χ0n) is 28.4. The van der Waals surface area contributed by atoms with Crippen LogP contribution >= 0.6 is 0 Å². The fourth-order valence-corrected chi connectivity index (χ4v) is 7.74. The molecular weight excluding hydrogens is 631 g/mol. The SMILES string of the molecule is c1ccc(N(c2ccc(-c3ccc(-c4cccc5ccccc45)cc3)cc2)c2cccc3ccccc23)c(-c2ccc3c(c2)oc2ccccc23)c1. The molecule has 244 valence electrons. The molecule has 0 bridgehead atoms. The fourth-order valence-electron chi connectivity index (χ4n) is 7.74. The van der Waals surface area contributed by atoms with Crippen molar-refractivity contribution in [1.29, 1.82) is 0 Å². The maximum Gasteiger partial charge on any atom is 0.136 e. The van der Waals surface area contributed by atoms with E-state index in [9.17, 15) is 0 Å². The van der Waals surface area contributed by atoms with E-state index < -0.39 is 0 Å². The first-order valence-corrected chi connectivity index (χ1v) is 17.8. The second-order valence-corrected chi connectivity index (χ2v) is 13.3. The van der Waals surface area contributed by atoms with Gasteiger partial charge in [-0.05, 0) is 86.4 Å². The first-order chi connectivity index (χ1) is 25.8. The van der Waals surface area contributed by atoms with Gasteiger partial charge in [0, 0.05) is 27.4 Å². The molecular formula is C50H33NO. The van der Waals surface area contributed by atoms with Gasteiger partial charge in [-0.15, -0.1) is 0 Å². The summed E-state index contributed by atoms with van der Waals surface area (Å²) in [4.78, 5) is 2.40. The van der Waals surface area contributed by atoms with Crippen molar-refractivity contribution in [2.75, 3.05) is 4.90 Å². The Labute approximate surface area is 302 Å². The summed E-state index contributed by atoms with van der Waals surface area (Å²) in [6.07, 6.45) is 0. The minimum Gasteiger partial charge on any atom is -0.456 e. The Morgan fingerprint density at radius 3 is 1.63 bits per heavy atom. The molecule has 0 saturated carbocycles. The number of nitrogens with zero attached hydrogens (tertiary/aromatic N) is 1. The molecule has 52 heavy (non-hydrogen) atoms. The topological polar surface area (TPSA) is 16.4 Å². The molecule has 9 aromatic carbocycles. The van der Waals surface area contributed by atoms with E-state index in [1.807, 2.05) is 12.1 Å². The van der Waals surface area contributed by atoms with Crippen LogP contribution in [0.2, 0.25) is 0 Å². The zero-order valence-corrected chi connectivity index (χ0v) is 28.4. The molecule has 2 heteroatoms. The van der Waals surface area contributed by atoms with Crippen LogP contribution in [0.15, 0.2) is 205 Å². The van der Waals surface area contributed by atoms with E-state index in [0.717, 1.165) is 50.1 Å². The maximum absolute atomic E-state index is 6.33. The van der Waals surface area contributed by atoms with Gasteiger partial charge >= 0.3 is 0 Å². The molecule has 1 heterocycles. The summed E-state index contributed by atoms with van der Waals surface area (Å²) in [5, 5.41) is 7.19. The average molecular weight is 664 g/mol. The standard InChI is InChI=1S/C50H33NO/c1-3-15-41-36(11-1)13-9-19-42(41)38-25-23-34(24-26-38)35-27-30-40(31-28-35)51(48-21-10-14-37-12-2-4-16-43(37)48)47-20-7-5-17-44(47)39-29-32-46-45-18-6-8-22-49(45)52-50(46)33-39/h1-33H. The Balaban J connectivity index is 1.07. The molecule has 0 amide bonds. The number of fused-ring (bicyclic) bond motifs is 5. The van der Waals surface area contributed by atoms with Crippen molar-refractivity contribution < 1.29 is 4.42 Å². The first-order valence-electron chi connectivity index (χ1n) is 17.8. The van der Waals surface area contributed by atoms with Gasteiger partial charge in [0.1, 0.15) is 11.2 Å². The first kappa shape index (κ1) is 30.0. The summed E-state index contributed by atoms with van der Waals surface area (Å²) >= 11 is 0. The van der Waals surface area contributed by atoms with Crippen molar-refractivity contribution in [3.63, 3.8) is 0 Å². The van der Waals surface area contributed by atoms with Gasteiger partial charge < -0.3 is 9.32 Å². The van der Waals surface area contributed by atoms with Crippen molar-refractivity contribution >= 4 is 60.5 Å². The molecule has 0 aliphatic heterocycles. The van der Waals surface area contributed by atoms with Gasteiger partial charge in [0.05, 0.1) is 11.4 Å². The highest BCUT2D eigenvalue weighted by molar-refractivity contribution is 6.07. The third-order valence-corrected chi connectivity index (χ3v) is 10.3. The van der Waals surface area contributed by atoms with Gasteiger partial charge in [-0.2, -0.15) is 0 Å². The van der Waals surface area contributed by atoms with Crippen LogP contribution in [0, 0.1) is 0 Å². The number of hydrogen-bond donors (Lipinski definition) is 0. The third-order valence-electron chi connectivity index (χ3n) is 10.3. The maximum atomic E-state index is 6.33. The van der Waals surface area contributed by atoms with Gasteiger partial charge in [0.15, 0.2) is 0 Å². The number of benzene rings is 9. The zero-order chi connectivity index (χ0) is 34.4. The summed E-state index contributed by atoms with van der Waals surface area (Å²) in [6, 6.07) is 71.7. The fraction of sp³-hybridized carbons (Fsp3) is 0. The van der Waals surface area contributed by atoms with Crippen molar-refractivity contribution in [2.45, 2.75) is 0 Å². The quantitative estimate of drug-likeness (QED) is 0.176. The molecule has 0 N–H and O–H groups in total. The van der Waals surface area contributed by atoms with Crippen molar-refractivity contribution in [2.24, 2.45) is 0 Å². The van der Waals surface area contributed by atoms with E-state index in [1.54, 1.807) is 0 Å². The summed E-state index contributed by atoms with van der Waals surface area (Å²) in [5.74, 6) is 0. The molecule has 0 saturated heterocycles. The summed E-state index contributed by atoms with van der Waals surface area (Å²) in [5.41, 5.74) is 12.2. The van der Waals surface area contributed by atoms with Crippen LogP contribution < -0.4 is 4.90 Å². The second kappa shape index (κ2) is 12.5. The molecule has 0 aliphatic carbocycles. The van der Waals surface area contributed by atoms with Gasteiger partial charge in [-0.25, -0.2) is 0 Å². The number of para-hydroxylation sites is 2. The Hall–Kier alpha value is -6.90. The average Bonchev–Trinajstić information content (AvgIpc) is 3.59. The normalized spacial score (nSPS) is 11.5. The lowest BCUT2D eigenvalue weighted by molar-refractivity contribution is 0.669. The largest absolute Gasteiger partial charge is 0.456 e. The van der Waals surface area contributed by atoms with E-state index in [2.05, 4.69) is 193 Å². The highest BCUT2D eigenvalue weighted by Gasteiger charge is 2.20. The summed E-state index contributed by atoms with van der Waals surface area (Å²) < 4.78 is 6.33. The Bertz CT molecular complexity index is 2890. The lowest BCUT2D eigenvalue weighted by Crippen LogP contribution is -2.11. The van der Waals surface area contributed by atoms with E-state index in [-0.39, 0.29) is 0 Å². The van der Waals surface area contributed by atoms with Crippen molar-refractivity contribution in [3.8, 4) is 33.4 Å². The molecule has 0 atom stereocenters.